The predicted octanol–water partition coefficient (Wildman–Crippen LogP) is 4.02. The molecule has 41 heavy (non-hydrogen) atoms. The van der Waals surface area contributed by atoms with Gasteiger partial charge in [0, 0.05) is 24.7 Å². The number of anilines is 1. The number of carbonyl (C=O) groups is 2. The number of pyridine rings is 1. The number of halogens is 3. The maximum Gasteiger partial charge on any atom is 0.490 e. The third-order valence-corrected chi connectivity index (χ3v) is 9.24. The molecule has 1 saturated heterocycles. The first kappa shape index (κ1) is 30.3. The van der Waals surface area contributed by atoms with E-state index in [0.717, 1.165) is 42.4 Å². The molecular formula is C28H31F3N4O5S. The number of aromatic nitrogens is 1. The van der Waals surface area contributed by atoms with Crippen LogP contribution in [-0.4, -0.2) is 86.1 Å². The second-order valence-electron chi connectivity index (χ2n) is 10.3. The Morgan fingerprint density at radius 3 is 2.34 bits per heavy atom. The van der Waals surface area contributed by atoms with Gasteiger partial charge in [-0.3, -0.25) is 14.1 Å². The van der Waals surface area contributed by atoms with Crippen LogP contribution in [0.15, 0.2) is 59.6 Å². The number of likely N-dealkylation sites (tertiary alicyclic amines) is 1. The van der Waals surface area contributed by atoms with Gasteiger partial charge in [-0.1, -0.05) is 30.3 Å². The second kappa shape index (κ2) is 11.6. The summed E-state index contributed by atoms with van der Waals surface area (Å²) in [6.45, 7) is 3.94. The van der Waals surface area contributed by atoms with Crippen LogP contribution in [0.1, 0.15) is 29.9 Å². The number of para-hydroxylation sites is 2. The van der Waals surface area contributed by atoms with Gasteiger partial charge >= 0.3 is 12.1 Å². The summed E-state index contributed by atoms with van der Waals surface area (Å²) in [5.74, 6) is -3.31. The van der Waals surface area contributed by atoms with E-state index >= 15 is 0 Å². The molecule has 1 atom stereocenters. The number of rotatable bonds is 4. The number of hydrogen-bond acceptors (Lipinski definition) is 6. The summed E-state index contributed by atoms with van der Waals surface area (Å²) in [6, 6.07) is 14.7. The normalized spacial score (nSPS) is 18.0. The number of benzene rings is 2. The molecule has 0 aliphatic carbocycles. The van der Waals surface area contributed by atoms with Gasteiger partial charge in [0.05, 0.1) is 23.7 Å². The Bertz CT molecular complexity index is 1560. The fourth-order valence-electron chi connectivity index (χ4n) is 5.19. The summed E-state index contributed by atoms with van der Waals surface area (Å²) < 4.78 is 61.0. The Kier molecular flexibility index (Phi) is 8.59. The van der Waals surface area contributed by atoms with Crippen LogP contribution in [0.2, 0.25) is 0 Å². The summed E-state index contributed by atoms with van der Waals surface area (Å²) >= 11 is 0. The van der Waals surface area contributed by atoms with E-state index in [1.54, 1.807) is 24.4 Å². The average molecular weight is 593 g/mol. The van der Waals surface area contributed by atoms with Gasteiger partial charge in [-0.2, -0.15) is 13.2 Å². The molecule has 0 spiro atoms. The number of carboxylic acid groups (broad SMARTS) is 1. The molecule has 3 aromatic rings. The van der Waals surface area contributed by atoms with Crippen molar-refractivity contribution < 1.29 is 36.3 Å². The van der Waals surface area contributed by atoms with Crippen LogP contribution in [0.4, 0.5) is 18.9 Å². The highest BCUT2D eigenvalue weighted by molar-refractivity contribution is 7.93. The van der Waals surface area contributed by atoms with Crippen molar-refractivity contribution in [1.82, 2.24) is 14.8 Å². The predicted molar refractivity (Wildman–Crippen MR) is 147 cm³/mol. The molecule has 1 N–H and O–H groups in total. The molecule has 2 aliphatic heterocycles. The monoisotopic (exact) mass is 592 g/mol. The average Bonchev–Trinajstić information content (AvgIpc) is 3.32. The second-order valence-corrected chi connectivity index (χ2v) is 12.1. The Morgan fingerprint density at radius 1 is 1.07 bits per heavy atom. The summed E-state index contributed by atoms with van der Waals surface area (Å²) in [7, 11) is 0.0285. The van der Waals surface area contributed by atoms with Crippen molar-refractivity contribution in [3.63, 3.8) is 0 Å². The van der Waals surface area contributed by atoms with Gasteiger partial charge in [0.25, 0.3) is 10.0 Å². The lowest BCUT2D eigenvalue weighted by Gasteiger charge is -2.36. The Morgan fingerprint density at radius 2 is 1.71 bits per heavy atom. The highest BCUT2D eigenvalue weighted by atomic mass is 32.2. The molecule has 9 nitrogen and oxygen atoms in total. The van der Waals surface area contributed by atoms with Crippen molar-refractivity contribution in [2.75, 3.05) is 38.0 Å². The van der Waals surface area contributed by atoms with E-state index in [9.17, 15) is 26.4 Å². The van der Waals surface area contributed by atoms with Gasteiger partial charge in [-0.05, 0) is 69.2 Å². The van der Waals surface area contributed by atoms with Crippen molar-refractivity contribution in [3.8, 4) is 0 Å². The summed E-state index contributed by atoms with van der Waals surface area (Å²) in [5.41, 5.74) is 2.75. The van der Waals surface area contributed by atoms with Crippen LogP contribution in [0.3, 0.4) is 0 Å². The van der Waals surface area contributed by atoms with Crippen LogP contribution >= 0.6 is 0 Å². The van der Waals surface area contributed by atoms with E-state index in [1.807, 2.05) is 49.2 Å². The minimum Gasteiger partial charge on any atom is -0.475 e. The molecule has 1 fully saturated rings. The first-order valence-electron chi connectivity index (χ1n) is 12.9. The molecule has 1 unspecified atom stereocenters. The highest BCUT2D eigenvalue weighted by Crippen LogP contribution is 2.41. The number of aryl methyl sites for hydroxylation is 1. The molecule has 220 valence electrons. The number of carboxylic acids is 1. The standard InChI is InChI=1S/C26H30N4O3S.C2HF3O2/c1-18-15-19-7-6-10-24(25(19)27-16-18)34(32,33)30-17-22(21-8-4-5-9-23(21)30)26(31)29(3)20-11-13-28(2)14-12-20;3-2(4,5)1(6)7/h4-10,15-16,20,22H,11-14,17H2,1-3H3;(H,6,7). The number of alkyl halides is 3. The molecule has 2 aliphatic rings. The van der Waals surface area contributed by atoms with Crippen LogP contribution < -0.4 is 4.31 Å². The molecule has 5 rings (SSSR count). The smallest absolute Gasteiger partial charge is 0.475 e. The lowest BCUT2D eigenvalue weighted by atomic mass is 9.97. The van der Waals surface area contributed by atoms with Gasteiger partial charge in [-0.25, -0.2) is 13.2 Å². The van der Waals surface area contributed by atoms with Gasteiger partial charge in [0.1, 0.15) is 4.90 Å². The van der Waals surface area contributed by atoms with E-state index in [2.05, 4.69) is 16.9 Å². The zero-order valence-electron chi connectivity index (χ0n) is 22.8. The van der Waals surface area contributed by atoms with Crippen LogP contribution in [0, 0.1) is 6.92 Å². The lowest BCUT2D eigenvalue weighted by molar-refractivity contribution is -0.192. The van der Waals surface area contributed by atoms with Crippen molar-refractivity contribution in [3.05, 3.63) is 65.9 Å². The van der Waals surface area contributed by atoms with Crippen LogP contribution in [0.5, 0.6) is 0 Å². The lowest BCUT2D eigenvalue weighted by Crippen LogP contribution is -2.46. The largest absolute Gasteiger partial charge is 0.490 e. The van der Waals surface area contributed by atoms with Gasteiger partial charge < -0.3 is 14.9 Å². The third kappa shape index (κ3) is 6.30. The van der Waals surface area contributed by atoms with Crippen LogP contribution in [0.25, 0.3) is 10.9 Å². The molecule has 0 radical (unpaired) electrons. The first-order chi connectivity index (χ1) is 19.2. The van der Waals surface area contributed by atoms with Crippen molar-refractivity contribution in [1.29, 1.82) is 0 Å². The number of aliphatic carboxylic acids is 1. The van der Waals surface area contributed by atoms with E-state index in [0.29, 0.717) is 11.2 Å². The minimum atomic E-state index is -5.08. The molecule has 1 aromatic heterocycles. The number of nitrogens with zero attached hydrogens (tertiary/aromatic N) is 4. The molecule has 0 saturated carbocycles. The summed E-state index contributed by atoms with van der Waals surface area (Å²) in [6.07, 6.45) is -1.55. The number of sulfonamides is 1. The summed E-state index contributed by atoms with van der Waals surface area (Å²) in [4.78, 5) is 31.2. The van der Waals surface area contributed by atoms with E-state index in [4.69, 9.17) is 9.90 Å². The zero-order valence-corrected chi connectivity index (χ0v) is 23.6. The third-order valence-electron chi connectivity index (χ3n) is 7.43. The molecular weight excluding hydrogens is 561 g/mol. The van der Waals surface area contributed by atoms with Gasteiger partial charge in [-0.15, -0.1) is 0 Å². The van der Waals surface area contributed by atoms with E-state index in [-0.39, 0.29) is 23.4 Å². The maximum atomic E-state index is 13.9. The molecule has 1 amide bonds. The fraction of sp³-hybridized carbons (Fsp3) is 0.393. The van der Waals surface area contributed by atoms with Gasteiger partial charge in [0.15, 0.2) is 0 Å². The topological polar surface area (TPSA) is 111 Å². The molecule has 0 bridgehead atoms. The number of hydrogen-bond donors (Lipinski definition) is 1. The Hall–Kier alpha value is -3.71. The zero-order chi connectivity index (χ0) is 30.1. The Balaban J connectivity index is 0.000000493. The number of carbonyl (C=O) groups excluding carboxylic acids is 1. The molecule has 13 heteroatoms. The summed E-state index contributed by atoms with van der Waals surface area (Å²) in [5, 5.41) is 7.91. The number of fused-ring (bicyclic) bond motifs is 2. The van der Waals surface area contributed by atoms with Crippen molar-refractivity contribution in [2.45, 2.75) is 42.8 Å². The quantitative estimate of drug-likeness (QED) is 0.487. The number of amides is 1. The van der Waals surface area contributed by atoms with Crippen LogP contribution in [-0.2, 0) is 19.6 Å². The number of likely N-dealkylation sites (N-methyl/N-ethyl adjacent to an activating group) is 1. The minimum absolute atomic E-state index is 0.0219. The first-order valence-corrected chi connectivity index (χ1v) is 14.4. The van der Waals surface area contributed by atoms with Crippen molar-refractivity contribution in [2.24, 2.45) is 0 Å². The fourth-order valence-corrected chi connectivity index (χ4v) is 6.86. The molecule has 2 aromatic carbocycles. The van der Waals surface area contributed by atoms with Gasteiger partial charge in [0.2, 0.25) is 5.91 Å². The van der Waals surface area contributed by atoms with E-state index in [1.165, 1.54) is 4.31 Å². The molecule has 3 heterocycles. The number of piperidine rings is 1. The maximum absolute atomic E-state index is 13.9. The highest BCUT2D eigenvalue weighted by Gasteiger charge is 2.42. The van der Waals surface area contributed by atoms with E-state index < -0.39 is 28.1 Å². The Labute approximate surface area is 236 Å². The van der Waals surface area contributed by atoms with Crippen molar-refractivity contribution >= 4 is 38.5 Å². The SMILES string of the molecule is Cc1cnc2c(S(=O)(=O)N3CC(C(=O)N(C)C4CCN(C)CC4)c4ccccc43)cccc2c1.O=C(O)C(F)(F)F.